The highest BCUT2D eigenvalue weighted by atomic mass is 14.9. The van der Waals surface area contributed by atoms with Crippen LogP contribution in [-0.4, -0.2) is 0 Å². The van der Waals surface area contributed by atoms with Gasteiger partial charge >= 0.3 is 0 Å². The van der Waals surface area contributed by atoms with Gasteiger partial charge in [0.05, 0.1) is 6.04 Å². The molecule has 0 heterocycles. The molecule has 1 aromatic carbocycles. The van der Waals surface area contributed by atoms with Gasteiger partial charge in [0.25, 0.3) is 0 Å². The maximum absolute atomic E-state index is 3.50. The van der Waals surface area contributed by atoms with E-state index >= 15 is 0 Å². The number of hydrogen-bond acceptors (Lipinski definition) is 1. The molecule has 1 heteroatoms. The minimum Gasteiger partial charge on any atom is -0.378 e. The third-order valence-electron chi connectivity index (χ3n) is 4.47. The standard InChI is InChI=1S/C20H34N/c1-5-17(2)11-9-12-18(3)13-10-14-19(4)21-20-15-7-6-8-16-20/h6-8,15-18,21H,5,9-14H2,1-4H3. The Balaban J connectivity index is 2.07. The summed E-state index contributed by atoms with van der Waals surface area (Å²) in [6.07, 6.45) is 9.38. The van der Waals surface area contributed by atoms with Crippen molar-refractivity contribution in [3.8, 4) is 0 Å². The summed E-state index contributed by atoms with van der Waals surface area (Å²) < 4.78 is 0. The summed E-state index contributed by atoms with van der Waals surface area (Å²) in [6.45, 7) is 9.29. The molecule has 2 atom stereocenters. The van der Waals surface area contributed by atoms with Gasteiger partial charge in [-0.3, -0.25) is 0 Å². The minimum absolute atomic E-state index is 0.874. The number of anilines is 1. The summed E-state index contributed by atoms with van der Waals surface area (Å²) in [7, 11) is 0. The third-order valence-corrected chi connectivity index (χ3v) is 4.47. The molecule has 0 saturated heterocycles. The molecule has 0 amide bonds. The van der Waals surface area contributed by atoms with Crippen LogP contribution in [0.4, 0.5) is 5.69 Å². The zero-order chi connectivity index (χ0) is 15.5. The van der Waals surface area contributed by atoms with Crippen LogP contribution in [0.1, 0.15) is 72.6 Å². The molecule has 119 valence electrons. The first-order valence-corrected chi connectivity index (χ1v) is 8.76. The Kier molecular flexibility index (Phi) is 9.21. The fourth-order valence-corrected chi connectivity index (χ4v) is 2.71. The van der Waals surface area contributed by atoms with E-state index in [0.29, 0.717) is 0 Å². The Hall–Kier alpha value is -0.980. The van der Waals surface area contributed by atoms with Gasteiger partial charge in [-0.1, -0.05) is 77.5 Å². The van der Waals surface area contributed by atoms with Gasteiger partial charge in [0, 0.05) is 5.69 Å². The minimum atomic E-state index is 0.874. The molecule has 1 aromatic rings. The van der Waals surface area contributed by atoms with Crippen LogP contribution < -0.4 is 5.32 Å². The van der Waals surface area contributed by atoms with Crippen LogP contribution in [0, 0.1) is 17.9 Å². The van der Waals surface area contributed by atoms with Gasteiger partial charge in [0.15, 0.2) is 0 Å². The maximum atomic E-state index is 3.50. The van der Waals surface area contributed by atoms with Crippen molar-refractivity contribution in [1.82, 2.24) is 0 Å². The molecule has 0 bridgehead atoms. The average Bonchev–Trinajstić information content (AvgIpc) is 2.48. The van der Waals surface area contributed by atoms with E-state index in [1.165, 1.54) is 56.7 Å². The molecule has 1 N–H and O–H groups in total. The van der Waals surface area contributed by atoms with Crippen LogP contribution in [0.25, 0.3) is 0 Å². The Labute approximate surface area is 132 Å². The summed E-state index contributed by atoms with van der Waals surface area (Å²) in [6, 6.07) is 11.8. The molecular formula is C20H34N. The molecule has 1 rings (SSSR count). The second-order valence-electron chi connectivity index (χ2n) is 6.71. The second-order valence-corrected chi connectivity index (χ2v) is 6.71. The van der Waals surface area contributed by atoms with Gasteiger partial charge in [-0.05, 0) is 37.3 Å². The zero-order valence-corrected chi connectivity index (χ0v) is 14.5. The topological polar surface area (TPSA) is 12.0 Å². The summed E-state index contributed by atoms with van der Waals surface area (Å²) >= 11 is 0. The molecule has 0 aliphatic carbocycles. The van der Waals surface area contributed by atoms with Crippen LogP contribution in [0.15, 0.2) is 30.3 Å². The Morgan fingerprint density at radius 1 is 0.952 bits per heavy atom. The molecule has 0 aliphatic rings. The van der Waals surface area contributed by atoms with E-state index < -0.39 is 0 Å². The predicted molar refractivity (Wildman–Crippen MR) is 95.3 cm³/mol. The van der Waals surface area contributed by atoms with Gasteiger partial charge in [-0.25, -0.2) is 0 Å². The van der Waals surface area contributed by atoms with Crippen molar-refractivity contribution in [2.75, 3.05) is 5.32 Å². The Morgan fingerprint density at radius 2 is 1.57 bits per heavy atom. The van der Waals surface area contributed by atoms with Gasteiger partial charge in [0.1, 0.15) is 0 Å². The molecule has 0 fully saturated rings. The largest absolute Gasteiger partial charge is 0.378 e. The fraction of sp³-hybridized carbons (Fsp3) is 0.650. The number of rotatable bonds is 11. The molecule has 0 saturated carbocycles. The average molecular weight is 288 g/mol. The third kappa shape index (κ3) is 8.80. The van der Waals surface area contributed by atoms with Crippen LogP contribution in [-0.2, 0) is 0 Å². The molecule has 21 heavy (non-hydrogen) atoms. The smallest absolute Gasteiger partial charge is 0.0572 e. The molecule has 2 unspecified atom stereocenters. The Bertz CT molecular complexity index is 346. The lowest BCUT2D eigenvalue weighted by Gasteiger charge is -2.16. The van der Waals surface area contributed by atoms with Crippen molar-refractivity contribution in [1.29, 1.82) is 0 Å². The van der Waals surface area contributed by atoms with E-state index in [0.717, 1.165) is 11.8 Å². The first kappa shape index (κ1) is 18.1. The highest BCUT2D eigenvalue weighted by molar-refractivity contribution is 5.45. The summed E-state index contributed by atoms with van der Waals surface area (Å²) in [5, 5.41) is 3.50. The van der Waals surface area contributed by atoms with Crippen molar-refractivity contribution < 1.29 is 0 Å². The second kappa shape index (κ2) is 10.7. The SMILES string of the molecule is CCC(C)CCCC(C)CCC[C](C)Nc1ccccc1. The quantitative estimate of drug-likeness (QED) is 0.479. The molecular weight excluding hydrogens is 254 g/mol. The number of para-hydroxylation sites is 1. The lowest BCUT2D eigenvalue weighted by molar-refractivity contribution is 0.410. The molecule has 1 radical (unpaired) electrons. The monoisotopic (exact) mass is 288 g/mol. The summed E-state index contributed by atoms with van der Waals surface area (Å²) in [5.41, 5.74) is 1.21. The number of benzene rings is 1. The van der Waals surface area contributed by atoms with E-state index in [2.05, 4.69) is 63.3 Å². The van der Waals surface area contributed by atoms with Crippen molar-refractivity contribution >= 4 is 5.69 Å². The summed E-state index contributed by atoms with van der Waals surface area (Å²) in [5.74, 6) is 1.78. The van der Waals surface area contributed by atoms with Crippen LogP contribution >= 0.6 is 0 Å². The highest BCUT2D eigenvalue weighted by Crippen LogP contribution is 2.21. The highest BCUT2D eigenvalue weighted by Gasteiger charge is 2.07. The molecule has 0 aliphatic heterocycles. The van der Waals surface area contributed by atoms with E-state index in [1.54, 1.807) is 0 Å². The van der Waals surface area contributed by atoms with E-state index in [-0.39, 0.29) is 0 Å². The zero-order valence-electron chi connectivity index (χ0n) is 14.5. The van der Waals surface area contributed by atoms with E-state index in [4.69, 9.17) is 0 Å². The van der Waals surface area contributed by atoms with Crippen LogP contribution in [0.5, 0.6) is 0 Å². The van der Waals surface area contributed by atoms with Crippen LogP contribution in [0.2, 0.25) is 0 Å². The van der Waals surface area contributed by atoms with Gasteiger partial charge in [-0.2, -0.15) is 0 Å². The van der Waals surface area contributed by atoms with E-state index in [1.807, 2.05) is 0 Å². The van der Waals surface area contributed by atoms with Gasteiger partial charge in [0.2, 0.25) is 0 Å². The fourth-order valence-electron chi connectivity index (χ4n) is 2.71. The first-order chi connectivity index (χ1) is 10.1. The molecule has 0 aromatic heterocycles. The Morgan fingerprint density at radius 3 is 2.24 bits per heavy atom. The lowest BCUT2D eigenvalue weighted by Crippen LogP contribution is -2.06. The van der Waals surface area contributed by atoms with Crippen molar-refractivity contribution in [2.24, 2.45) is 11.8 Å². The first-order valence-electron chi connectivity index (χ1n) is 8.76. The van der Waals surface area contributed by atoms with Crippen molar-refractivity contribution in [3.63, 3.8) is 0 Å². The predicted octanol–water partition coefficient (Wildman–Crippen LogP) is 6.67. The van der Waals surface area contributed by atoms with Gasteiger partial charge < -0.3 is 5.32 Å². The van der Waals surface area contributed by atoms with Crippen molar-refractivity contribution in [3.05, 3.63) is 36.4 Å². The number of hydrogen-bond donors (Lipinski definition) is 1. The van der Waals surface area contributed by atoms with Gasteiger partial charge in [-0.15, -0.1) is 0 Å². The maximum Gasteiger partial charge on any atom is 0.0572 e. The van der Waals surface area contributed by atoms with Crippen molar-refractivity contribution in [2.45, 2.75) is 72.6 Å². The van der Waals surface area contributed by atoms with E-state index in [9.17, 15) is 0 Å². The van der Waals surface area contributed by atoms with Crippen LogP contribution in [0.3, 0.4) is 0 Å². The molecule has 0 spiro atoms. The molecule has 1 nitrogen and oxygen atoms in total. The normalized spacial score (nSPS) is 14.1. The lowest BCUT2D eigenvalue weighted by atomic mass is 9.93. The number of nitrogens with one attached hydrogen (secondary N) is 1. The summed E-state index contributed by atoms with van der Waals surface area (Å²) in [4.78, 5) is 0.